The molecule has 0 aromatic heterocycles. The summed E-state index contributed by atoms with van der Waals surface area (Å²) in [5.74, 6) is 0.417. The second-order valence-electron chi connectivity index (χ2n) is 4.36. The summed E-state index contributed by atoms with van der Waals surface area (Å²) in [5, 5.41) is 0. The molecule has 0 radical (unpaired) electrons. The summed E-state index contributed by atoms with van der Waals surface area (Å²) in [6.45, 7) is 11.1. The Morgan fingerprint density at radius 2 is 1.82 bits per heavy atom. The highest BCUT2D eigenvalue weighted by Gasteiger charge is 2.23. The smallest absolute Gasteiger partial charge is 0.132 e. The Morgan fingerprint density at radius 1 is 1.36 bits per heavy atom. The van der Waals surface area contributed by atoms with Gasteiger partial charge in [-0.05, 0) is 5.54 Å². The lowest BCUT2D eigenvalue weighted by Gasteiger charge is -2.24. The van der Waals surface area contributed by atoms with Crippen LogP contribution in [-0.2, 0) is 4.79 Å². The third-order valence-corrected chi connectivity index (χ3v) is 5.57. The van der Waals surface area contributed by atoms with Crippen molar-refractivity contribution >= 4 is 13.9 Å². The molecule has 0 aliphatic carbocycles. The summed E-state index contributed by atoms with van der Waals surface area (Å²) in [5.41, 5.74) is 0.634. The first-order chi connectivity index (χ1) is 4.88. The molecule has 1 nitrogen and oxygen atoms in total. The number of hydrogen-bond acceptors (Lipinski definition) is 1. The summed E-state index contributed by atoms with van der Waals surface area (Å²) in [6, 6.07) is 0. The van der Waals surface area contributed by atoms with Crippen LogP contribution >= 0.6 is 0 Å². The fourth-order valence-electron chi connectivity index (χ4n) is 0.792. The molecule has 2 heteroatoms. The van der Waals surface area contributed by atoms with Crippen LogP contribution in [0, 0.1) is 0 Å². The van der Waals surface area contributed by atoms with Crippen molar-refractivity contribution in [2.24, 2.45) is 0 Å². The Kier molecular flexibility index (Phi) is 4.01. The van der Waals surface area contributed by atoms with Gasteiger partial charge in [-0.1, -0.05) is 33.5 Å². The van der Waals surface area contributed by atoms with Gasteiger partial charge in [-0.25, -0.2) is 0 Å². The predicted octanol–water partition coefficient (Wildman–Crippen LogP) is 3.08. The number of ketones is 1. The van der Waals surface area contributed by atoms with Crippen molar-refractivity contribution in [3.05, 3.63) is 0 Å². The molecule has 0 aromatic carbocycles. The van der Waals surface area contributed by atoms with Gasteiger partial charge >= 0.3 is 0 Å². The molecule has 0 N–H and O–H groups in total. The standard InChI is InChI=1S/C9H20OSi/c1-6-9(10)7-8(2)11(3,4)5/h8H,6-7H2,1-5H3/t8-/m0/s1. The normalized spacial score (nSPS) is 14.6. The minimum absolute atomic E-state index is 0.417. The van der Waals surface area contributed by atoms with E-state index < -0.39 is 8.07 Å². The summed E-state index contributed by atoms with van der Waals surface area (Å²) >= 11 is 0. The minimum atomic E-state index is -1.06. The number of hydrogen-bond donors (Lipinski definition) is 0. The van der Waals surface area contributed by atoms with Gasteiger partial charge in [-0.3, -0.25) is 4.79 Å². The fourth-order valence-corrected chi connectivity index (χ4v) is 1.63. The second kappa shape index (κ2) is 4.05. The lowest BCUT2D eigenvalue weighted by molar-refractivity contribution is -0.118. The van der Waals surface area contributed by atoms with Crippen molar-refractivity contribution < 1.29 is 4.79 Å². The number of Topliss-reactive ketones (excluding diaryl/α,β-unsaturated/α-hetero) is 1. The molecule has 0 heterocycles. The van der Waals surface area contributed by atoms with Gasteiger partial charge in [0.2, 0.25) is 0 Å². The topological polar surface area (TPSA) is 17.1 Å². The fraction of sp³-hybridized carbons (Fsp3) is 0.889. The predicted molar refractivity (Wildman–Crippen MR) is 52.7 cm³/mol. The van der Waals surface area contributed by atoms with E-state index in [-0.39, 0.29) is 0 Å². The number of rotatable bonds is 4. The zero-order chi connectivity index (χ0) is 9.07. The van der Waals surface area contributed by atoms with Crippen LogP contribution in [0.2, 0.25) is 25.2 Å². The molecule has 0 spiro atoms. The lowest BCUT2D eigenvalue weighted by atomic mass is 10.2. The maximum atomic E-state index is 11.1. The van der Waals surface area contributed by atoms with Crippen molar-refractivity contribution in [2.75, 3.05) is 0 Å². The van der Waals surface area contributed by atoms with Gasteiger partial charge in [0.05, 0.1) is 0 Å². The third kappa shape index (κ3) is 4.35. The Hall–Kier alpha value is -0.113. The molecule has 0 aliphatic heterocycles. The maximum Gasteiger partial charge on any atom is 0.132 e. The molecule has 11 heavy (non-hydrogen) atoms. The van der Waals surface area contributed by atoms with Crippen LogP contribution < -0.4 is 0 Å². The Balaban J connectivity index is 3.87. The van der Waals surface area contributed by atoms with E-state index in [1.165, 1.54) is 0 Å². The molecule has 0 fully saturated rings. The number of carbonyl (C=O) groups excluding carboxylic acids is 1. The van der Waals surface area contributed by atoms with Gasteiger partial charge in [-0.2, -0.15) is 0 Å². The zero-order valence-electron chi connectivity index (χ0n) is 8.40. The largest absolute Gasteiger partial charge is 0.300 e. The van der Waals surface area contributed by atoms with E-state index >= 15 is 0 Å². The summed E-state index contributed by atoms with van der Waals surface area (Å²) in [4.78, 5) is 11.1. The average molecular weight is 172 g/mol. The first-order valence-electron chi connectivity index (χ1n) is 4.39. The highest BCUT2D eigenvalue weighted by atomic mass is 28.3. The van der Waals surface area contributed by atoms with E-state index in [1.807, 2.05) is 6.92 Å². The SMILES string of the molecule is CCC(=O)C[C@H](C)[Si](C)(C)C. The van der Waals surface area contributed by atoms with E-state index in [0.717, 1.165) is 6.42 Å². The molecular weight excluding hydrogens is 152 g/mol. The molecule has 0 unspecified atom stereocenters. The van der Waals surface area contributed by atoms with Crippen molar-refractivity contribution in [1.29, 1.82) is 0 Å². The molecule has 0 bridgehead atoms. The van der Waals surface area contributed by atoms with E-state index in [2.05, 4.69) is 26.6 Å². The van der Waals surface area contributed by atoms with Gasteiger partial charge in [-0.15, -0.1) is 0 Å². The highest BCUT2D eigenvalue weighted by molar-refractivity contribution is 6.77. The first kappa shape index (κ1) is 10.9. The van der Waals surface area contributed by atoms with Gasteiger partial charge in [0.15, 0.2) is 0 Å². The van der Waals surface area contributed by atoms with Gasteiger partial charge in [0.25, 0.3) is 0 Å². The van der Waals surface area contributed by atoms with Crippen LogP contribution in [0.5, 0.6) is 0 Å². The maximum absolute atomic E-state index is 11.1. The first-order valence-corrected chi connectivity index (χ1v) is 7.97. The quantitative estimate of drug-likeness (QED) is 0.596. The van der Waals surface area contributed by atoms with Crippen molar-refractivity contribution in [3.8, 4) is 0 Å². The second-order valence-corrected chi connectivity index (χ2v) is 10.1. The Labute approximate surface area is 71.2 Å². The van der Waals surface area contributed by atoms with Crippen LogP contribution in [-0.4, -0.2) is 13.9 Å². The summed E-state index contributed by atoms with van der Waals surface area (Å²) < 4.78 is 0. The van der Waals surface area contributed by atoms with Gasteiger partial charge in [0, 0.05) is 20.9 Å². The molecule has 0 rings (SSSR count). The van der Waals surface area contributed by atoms with E-state index in [1.54, 1.807) is 0 Å². The minimum Gasteiger partial charge on any atom is -0.300 e. The molecular formula is C9H20OSi. The molecule has 0 saturated heterocycles. The summed E-state index contributed by atoms with van der Waals surface area (Å²) in [6.07, 6.45) is 1.50. The van der Waals surface area contributed by atoms with Crippen LogP contribution in [0.1, 0.15) is 26.7 Å². The van der Waals surface area contributed by atoms with Crippen LogP contribution in [0.15, 0.2) is 0 Å². The van der Waals surface area contributed by atoms with E-state index in [4.69, 9.17) is 0 Å². The lowest BCUT2D eigenvalue weighted by Crippen LogP contribution is -2.27. The Morgan fingerprint density at radius 3 is 2.09 bits per heavy atom. The van der Waals surface area contributed by atoms with Gasteiger partial charge < -0.3 is 0 Å². The van der Waals surface area contributed by atoms with Crippen molar-refractivity contribution in [3.63, 3.8) is 0 Å². The molecule has 0 aliphatic rings. The summed E-state index contributed by atoms with van der Waals surface area (Å²) in [7, 11) is -1.06. The van der Waals surface area contributed by atoms with Crippen LogP contribution in [0.3, 0.4) is 0 Å². The van der Waals surface area contributed by atoms with Crippen molar-refractivity contribution in [1.82, 2.24) is 0 Å². The molecule has 66 valence electrons. The molecule has 0 amide bonds. The third-order valence-electron chi connectivity index (χ3n) is 2.41. The van der Waals surface area contributed by atoms with E-state index in [9.17, 15) is 4.79 Å². The molecule has 1 atom stereocenters. The highest BCUT2D eigenvalue weighted by Crippen LogP contribution is 2.24. The number of carbonyl (C=O) groups is 1. The van der Waals surface area contributed by atoms with Crippen molar-refractivity contribution in [2.45, 2.75) is 51.9 Å². The average Bonchev–Trinajstić information content (AvgIpc) is 1.85. The monoisotopic (exact) mass is 172 g/mol. The zero-order valence-corrected chi connectivity index (χ0v) is 9.40. The van der Waals surface area contributed by atoms with Crippen LogP contribution in [0.4, 0.5) is 0 Å². The Bertz CT molecular complexity index is 135. The molecule has 0 aromatic rings. The van der Waals surface area contributed by atoms with Crippen LogP contribution in [0.25, 0.3) is 0 Å². The van der Waals surface area contributed by atoms with Gasteiger partial charge in [0.1, 0.15) is 5.78 Å². The van der Waals surface area contributed by atoms with E-state index in [0.29, 0.717) is 17.7 Å². The molecule has 0 saturated carbocycles.